The normalized spacial score (nSPS) is 10.4. The highest BCUT2D eigenvalue weighted by Gasteiger charge is 2.10. The van der Waals surface area contributed by atoms with Crippen LogP contribution >= 0.6 is 0 Å². The summed E-state index contributed by atoms with van der Waals surface area (Å²) in [6.45, 7) is 2.17. The van der Waals surface area contributed by atoms with Gasteiger partial charge in [-0.05, 0) is 32.2 Å². The topological polar surface area (TPSA) is 72.6 Å². The number of hydrogen-bond acceptors (Lipinski definition) is 4. The van der Waals surface area contributed by atoms with Gasteiger partial charge in [0.25, 0.3) is 0 Å². The molecule has 0 fully saturated rings. The zero-order valence-electron chi connectivity index (χ0n) is 10.9. The number of Topliss-reactive ketones (excluding diaryl/α,β-unsaturated/α-hetero) is 1. The monoisotopic (exact) mass is 250 g/mol. The summed E-state index contributed by atoms with van der Waals surface area (Å²) >= 11 is 0. The number of nitrogens with two attached hydrogens (primary N) is 1. The van der Waals surface area contributed by atoms with Crippen LogP contribution in [0, 0.1) is 0 Å². The summed E-state index contributed by atoms with van der Waals surface area (Å²) in [7, 11) is 3.35. The number of likely N-dealkylation sites (N-methyl/N-ethyl adjacent to an activating group) is 1. The first kappa shape index (κ1) is 14.2. The van der Waals surface area contributed by atoms with Crippen LogP contribution in [0.3, 0.4) is 0 Å². The molecule has 1 amide bonds. The maximum absolute atomic E-state index is 11.3. The van der Waals surface area contributed by atoms with Crippen molar-refractivity contribution in [2.45, 2.75) is 13.5 Å². The molecular weight excluding hydrogens is 232 g/mol. The average molecular weight is 250 g/mol. The molecule has 0 unspecified atom stereocenters. The van der Waals surface area contributed by atoms with Crippen LogP contribution < -0.4 is 10.5 Å². The number of primary amides is 1. The zero-order chi connectivity index (χ0) is 13.7. The third-order valence-electron chi connectivity index (χ3n) is 2.55. The zero-order valence-corrected chi connectivity index (χ0v) is 10.9. The number of ketones is 1. The van der Waals surface area contributed by atoms with Crippen molar-refractivity contribution in [1.29, 1.82) is 0 Å². The molecular formula is C13H18N2O3. The Labute approximate surface area is 107 Å². The molecule has 0 radical (unpaired) electrons. The number of carbonyl (C=O) groups is 2. The fourth-order valence-electron chi connectivity index (χ4n) is 1.73. The van der Waals surface area contributed by atoms with E-state index in [1.165, 1.54) is 6.92 Å². The number of ether oxygens (including phenoxy) is 1. The largest absolute Gasteiger partial charge is 0.496 e. The molecule has 18 heavy (non-hydrogen) atoms. The maximum atomic E-state index is 11.3. The van der Waals surface area contributed by atoms with Crippen LogP contribution in [0.25, 0.3) is 0 Å². The van der Waals surface area contributed by atoms with Crippen molar-refractivity contribution >= 4 is 11.7 Å². The lowest BCUT2D eigenvalue weighted by atomic mass is 10.1. The molecule has 0 aliphatic carbocycles. The van der Waals surface area contributed by atoms with Crippen molar-refractivity contribution in [2.24, 2.45) is 5.73 Å². The second-order valence-corrected chi connectivity index (χ2v) is 4.22. The molecule has 0 atom stereocenters. The molecule has 5 nitrogen and oxygen atoms in total. The van der Waals surface area contributed by atoms with Crippen molar-refractivity contribution in [1.82, 2.24) is 4.90 Å². The number of hydrogen-bond donors (Lipinski definition) is 1. The van der Waals surface area contributed by atoms with Gasteiger partial charge in [-0.2, -0.15) is 0 Å². The van der Waals surface area contributed by atoms with Gasteiger partial charge in [0.1, 0.15) is 5.75 Å². The van der Waals surface area contributed by atoms with E-state index in [9.17, 15) is 9.59 Å². The SMILES string of the molecule is COc1ccc(C(C)=O)cc1CN(C)CC(N)=O. The Hall–Kier alpha value is -1.88. The summed E-state index contributed by atoms with van der Waals surface area (Å²) < 4.78 is 5.23. The third-order valence-corrected chi connectivity index (χ3v) is 2.55. The lowest BCUT2D eigenvalue weighted by Gasteiger charge is -2.17. The van der Waals surface area contributed by atoms with Crippen LogP contribution in [0.1, 0.15) is 22.8 Å². The molecule has 0 spiro atoms. The summed E-state index contributed by atoms with van der Waals surface area (Å²) in [5.41, 5.74) is 6.61. The predicted molar refractivity (Wildman–Crippen MR) is 68.5 cm³/mol. The van der Waals surface area contributed by atoms with E-state index in [0.29, 0.717) is 17.9 Å². The number of nitrogens with zero attached hydrogens (tertiary/aromatic N) is 1. The number of carbonyl (C=O) groups excluding carboxylic acids is 2. The second-order valence-electron chi connectivity index (χ2n) is 4.22. The molecule has 2 N–H and O–H groups in total. The lowest BCUT2D eigenvalue weighted by molar-refractivity contribution is -0.118. The van der Waals surface area contributed by atoms with Gasteiger partial charge in [-0.25, -0.2) is 0 Å². The summed E-state index contributed by atoms with van der Waals surface area (Å²) in [6.07, 6.45) is 0. The lowest BCUT2D eigenvalue weighted by Crippen LogP contribution is -2.30. The fraction of sp³-hybridized carbons (Fsp3) is 0.385. The molecule has 1 aromatic rings. The van der Waals surface area contributed by atoms with Crippen LogP contribution in [0.5, 0.6) is 5.75 Å². The Morgan fingerprint density at radius 2 is 2.06 bits per heavy atom. The van der Waals surface area contributed by atoms with Crippen molar-refractivity contribution in [3.63, 3.8) is 0 Å². The van der Waals surface area contributed by atoms with E-state index >= 15 is 0 Å². The number of methoxy groups -OCH3 is 1. The molecule has 98 valence electrons. The molecule has 0 aromatic heterocycles. The maximum Gasteiger partial charge on any atom is 0.231 e. The van der Waals surface area contributed by atoms with Crippen LogP contribution in [0.15, 0.2) is 18.2 Å². The summed E-state index contributed by atoms with van der Waals surface area (Å²) in [5.74, 6) is 0.298. The molecule has 5 heteroatoms. The highest BCUT2D eigenvalue weighted by Crippen LogP contribution is 2.21. The van der Waals surface area contributed by atoms with Gasteiger partial charge in [-0.3, -0.25) is 14.5 Å². The van der Waals surface area contributed by atoms with E-state index in [4.69, 9.17) is 10.5 Å². The first-order valence-corrected chi connectivity index (χ1v) is 5.58. The summed E-state index contributed by atoms with van der Waals surface area (Å²) in [4.78, 5) is 23.9. The molecule has 0 heterocycles. The number of rotatable bonds is 6. The van der Waals surface area contributed by atoms with Gasteiger partial charge in [-0.15, -0.1) is 0 Å². The van der Waals surface area contributed by atoms with E-state index in [1.807, 2.05) is 0 Å². The first-order chi connectivity index (χ1) is 8.43. The fourth-order valence-corrected chi connectivity index (χ4v) is 1.73. The number of benzene rings is 1. The minimum Gasteiger partial charge on any atom is -0.496 e. The Kier molecular flexibility index (Phi) is 4.85. The van der Waals surface area contributed by atoms with E-state index in [2.05, 4.69) is 0 Å². The Morgan fingerprint density at radius 1 is 1.39 bits per heavy atom. The smallest absolute Gasteiger partial charge is 0.231 e. The van der Waals surface area contributed by atoms with Crippen LogP contribution in [-0.4, -0.2) is 37.3 Å². The molecule has 1 rings (SSSR count). The van der Waals surface area contributed by atoms with Crippen molar-refractivity contribution in [2.75, 3.05) is 20.7 Å². The van der Waals surface area contributed by atoms with Crippen LogP contribution in [0.4, 0.5) is 0 Å². The Bertz CT molecular complexity index is 458. The highest BCUT2D eigenvalue weighted by atomic mass is 16.5. The van der Waals surface area contributed by atoms with E-state index in [1.54, 1.807) is 37.3 Å². The molecule has 1 aromatic carbocycles. The molecule has 0 saturated heterocycles. The van der Waals surface area contributed by atoms with Crippen LogP contribution in [0.2, 0.25) is 0 Å². The highest BCUT2D eigenvalue weighted by molar-refractivity contribution is 5.94. The van der Waals surface area contributed by atoms with Gasteiger partial charge in [0.15, 0.2) is 5.78 Å². The third kappa shape index (κ3) is 3.85. The van der Waals surface area contributed by atoms with E-state index in [-0.39, 0.29) is 18.2 Å². The first-order valence-electron chi connectivity index (χ1n) is 5.58. The van der Waals surface area contributed by atoms with Gasteiger partial charge in [-0.1, -0.05) is 0 Å². The molecule has 0 bridgehead atoms. The summed E-state index contributed by atoms with van der Waals surface area (Å²) in [6, 6.07) is 5.25. The number of amides is 1. The van der Waals surface area contributed by atoms with Gasteiger partial charge in [0, 0.05) is 17.7 Å². The average Bonchev–Trinajstić information content (AvgIpc) is 2.27. The standard InChI is InChI=1S/C13H18N2O3/c1-9(16)10-4-5-12(18-3)11(6-10)7-15(2)8-13(14)17/h4-6H,7-8H2,1-3H3,(H2,14,17). The molecule has 0 saturated carbocycles. The van der Waals surface area contributed by atoms with Crippen LogP contribution in [-0.2, 0) is 11.3 Å². The minimum atomic E-state index is -0.390. The van der Waals surface area contributed by atoms with Gasteiger partial charge < -0.3 is 10.5 Å². The van der Waals surface area contributed by atoms with Crippen molar-refractivity contribution in [3.05, 3.63) is 29.3 Å². The van der Waals surface area contributed by atoms with Crippen molar-refractivity contribution < 1.29 is 14.3 Å². The van der Waals surface area contributed by atoms with Crippen molar-refractivity contribution in [3.8, 4) is 5.75 Å². The Balaban J connectivity index is 2.94. The second kappa shape index (κ2) is 6.16. The van der Waals surface area contributed by atoms with Gasteiger partial charge in [0.05, 0.1) is 13.7 Å². The minimum absolute atomic E-state index is 0.00328. The predicted octanol–water partition coefficient (Wildman–Crippen LogP) is 0.815. The molecule has 0 aliphatic heterocycles. The Morgan fingerprint density at radius 3 is 2.56 bits per heavy atom. The summed E-state index contributed by atoms with van der Waals surface area (Å²) in [5, 5.41) is 0. The van der Waals surface area contributed by atoms with Gasteiger partial charge in [0.2, 0.25) is 5.91 Å². The quantitative estimate of drug-likeness (QED) is 0.758. The van der Waals surface area contributed by atoms with E-state index in [0.717, 1.165) is 5.56 Å². The van der Waals surface area contributed by atoms with E-state index < -0.39 is 0 Å². The molecule has 0 aliphatic rings. The van der Waals surface area contributed by atoms with Gasteiger partial charge >= 0.3 is 0 Å².